The number of aromatic nitrogens is 1. The van der Waals surface area contributed by atoms with Crippen molar-refractivity contribution < 1.29 is 5.11 Å². The second-order valence-corrected chi connectivity index (χ2v) is 3.92. The molecular formula is C13H16N2O. The fourth-order valence-corrected chi connectivity index (χ4v) is 1.74. The SMILES string of the molecule is Cc1ccc(C)n1NCc1ccccc1O. The first-order valence-corrected chi connectivity index (χ1v) is 5.34. The number of nitrogens with zero attached hydrogens (tertiary/aromatic N) is 1. The zero-order valence-corrected chi connectivity index (χ0v) is 9.57. The van der Waals surface area contributed by atoms with Crippen LogP contribution in [-0.4, -0.2) is 9.78 Å². The Morgan fingerprint density at radius 3 is 2.31 bits per heavy atom. The fraction of sp³-hybridized carbons (Fsp3) is 0.231. The first-order chi connectivity index (χ1) is 7.68. The summed E-state index contributed by atoms with van der Waals surface area (Å²) in [6.45, 7) is 4.71. The summed E-state index contributed by atoms with van der Waals surface area (Å²) in [4.78, 5) is 0. The summed E-state index contributed by atoms with van der Waals surface area (Å²) in [7, 11) is 0. The Bertz CT molecular complexity index is 469. The van der Waals surface area contributed by atoms with Gasteiger partial charge in [-0.1, -0.05) is 18.2 Å². The Morgan fingerprint density at radius 2 is 1.69 bits per heavy atom. The molecular weight excluding hydrogens is 200 g/mol. The molecule has 0 amide bonds. The normalized spacial score (nSPS) is 10.4. The van der Waals surface area contributed by atoms with Crippen LogP contribution < -0.4 is 5.43 Å². The van der Waals surface area contributed by atoms with E-state index in [9.17, 15) is 5.11 Å². The summed E-state index contributed by atoms with van der Waals surface area (Å²) in [6.07, 6.45) is 0. The van der Waals surface area contributed by atoms with Crippen molar-refractivity contribution in [2.75, 3.05) is 5.43 Å². The van der Waals surface area contributed by atoms with Gasteiger partial charge in [-0.15, -0.1) is 0 Å². The molecule has 1 aromatic heterocycles. The van der Waals surface area contributed by atoms with Gasteiger partial charge < -0.3 is 10.5 Å². The number of rotatable bonds is 3. The minimum absolute atomic E-state index is 0.331. The van der Waals surface area contributed by atoms with E-state index in [1.807, 2.05) is 36.7 Å². The predicted molar refractivity (Wildman–Crippen MR) is 65.1 cm³/mol. The van der Waals surface area contributed by atoms with Gasteiger partial charge in [-0.2, -0.15) is 0 Å². The molecule has 0 fully saturated rings. The van der Waals surface area contributed by atoms with E-state index in [1.54, 1.807) is 6.07 Å². The molecule has 2 N–H and O–H groups in total. The molecule has 0 unspecified atom stereocenters. The van der Waals surface area contributed by atoms with Gasteiger partial charge in [-0.25, -0.2) is 0 Å². The number of aromatic hydroxyl groups is 1. The zero-order chi connectivity index (χ0) is 11.5. The summed E-state index contributed by atoms with van der Waals surface area (Å²) >= 11 is 0. The molecule has 3 heteroatoms. The van der Waals surface area contributed by atoms with E-state index in [1.165, 1.54) is 0 Å². The molecule has 2 rings (SSSR count). The fourth-order valence-electron chi connectivity index (χ4n) is 1.74. The van der Waals surface area contributed by atoms with Gasteiger partial charge in [-0.05, 0) is 32.0 Å². The monoisotopic (exact) mass is 216 g/mol. The first-order valence-electron chi connectivity index (χ1n) is 5.34. The lowest BCUT2D eigenvalue weighted by Crippen LogP contribution is -2.16. The van der Waals surface area contributed by atoms with Gasteiger partial charge in [0.2, 0.25) is 0 Å². The summed E-state index contributed by atoms with van der Waals surface area (Å²) in [5, 5.41) is 9.63. The van der Waals surface area contributed by atoms with E-state index in [0.29, 0.717) is 12.3 Å². The molecule has 0 aliphatic carbocycles. The van der Waals surface area contributed by atoms with Crippen molar-refractivity contribution in [3.05, 3.63) is 53.3 Å². The average Bonchev–Trinajstić information content (AvgIpc) is 2.58. The Hall–Kier alpha value is -1.90. The van der Waals surface area contributed by atoms with Crippen LogP contribution in [0.15, 0.2) is 36.4 Å². The second-order valence-electron chi connectivity index (χ2n) is 3.92. The lowest BCUT2D eigenvalue weighted by Gasteiger charge is -2.13. The Kier molecular flexibility index (Phi) is 2.86. The Morgan fingerprint density at radius 1 is 1.06 bits per heavy atom. The summed E-state index contributed by atoms with van der Waals surface area (Å²) < 4.78 is 2.02. The molecule has 84 valence electrons. The summed E-state index contributed by atoms with van der Waals surface area (Å²) in [5.41, 5.74) is 6.49. The van der Waals surface area contributed by atoms with Crippen molar-refractivity contribution in [1.29, 1.82) is 0 Å². The third kappa shape index (κ3) is 2.03. The molecule has 1 aromatic carbocycles. The maximum Gasteiger partial charge on any atom is 0.120 e. The van der Waals surface area contributed by atoms with Crippen molar-refractivity contribution in [3.8, 4) is 5.75 Å². The molecule has 0 bridgehead atoms. The molecule has 0 aliphatic rings. The van der Waals surface area contributed by atoms with Crippen molar-refractivity contribution in [1.82, 2.24) is 4.68 Å². The van der Waals surface area contributed by atoms with Crippen LogP contribution in [0.5, 0.6) is 5.75 Å². The molecule has 1 heterocycles. The van der Waals surface area contributed by atoms with Crippen molar-refractivity contribution >= 4 is 0 Å². The molecule has 0 atom stereocenters. The van der Waals surface area contributed by atoms with Crippen LogP contribution in [0.3, 0.4) is 0 Å². The standard InChI is InChI=1S/C13H16N2O/c1-10-7-8-11(2)15(10)14-9-12-5-3-4-6-13(12)16/h3-8,14,16H,9H2,1-2H3. The van der Waals surface area contributed by atoms with E-state index >= 15 is 0 Å². The van der Waals surface area contributed by atoms with E-state index in [-0.39, 0.29) is 0 Å². The van der Waals surface area contributed by atoms with Crippen LogP contribution in [-0.2, 0) is 6.54 Å². The lowest BCUT2D eigenvalue weighted by atomic mass is 10.2. The van der Waals surface area contributed by atoms with E-state index < -0.39 is 0 Å². The molecule has 0 saturated carbocycles. The second kappa shape index (κ2) is 4.31. The van der Waals surface area contributed by atoms with Crippen LogP contribution in [0.4, 0.5) is 0 Å². The van der Waals surface area contributed by atoms with Gasteiger partial charge in [0.25, 0.3) is 0 Å². The number of hydrogen-bond acceptors (Lipinski definition) is 2. The highest BCUT2D eigenvalue weighted by atomic mass is 16.3. The van der Waals surface area contributed by atoms with E-state index in [0.717, 1.165) is 17.0 Å². The minimum atomic E-state index is 0.331. The quantitative estimate of drug-likeness (QED) is 0.827. The smallest absolute Gasteiger partial charge is 0.120 e. The molecule has 0 radical (unpaired) electrons. The summed E-state index contributed by atoms with van der Waals surface area (Å²) in [6, 6.07) is 11.5. The lowest BCUT2D eigenvalue weighted by molar-refractivity contribution is 0.468. The van der Waals surface area contributed by atoms with E-state index in [2.05, 4.69) is 17.6 Å². The maximum atomic E-state index is 9.63. The van der Waals surface area contributed by atoms with Crippen molar-refractivity contribution in [3.63, 3.8) is 0 Å². The Labute approximate surface area is 95.3 Å². The van der Waals surface area contributed by atoms with Gasteiger partial charge in [-0.3, -0.25) is 4.68 Å². The van der Waals surface area contributed by atoms with Gasteiger partial charge in [0.1, 0.15) is 5.75 Å². The summed E-state index contributed by atoms with van der Waals surface area (Å²) in [5.74, 6) is 0.331. The highest BCUT2D eigenvalue weighted by Crippen LogP contribution is 2.15. The molecule has 16 heavy (non-hydrogen) atoms. The van der Waals surface area contributed by atoms with E-state index in [4.69, 9.17) is 0 Å². The number of hydrogen-bond donors (Lipinski definition) is 2. The number of para-hydroxylation sites is 1. The average molecular weight is 216 g/mol. The molecule has 0 spiro atoms. The molecule has 0 saturated heterocycles. The number of aryl methyl sites for hydroxylation is 2. The molecule has 2 aromatic rings. The van der Waals surface area contributed by atoms with Crippen molar-refractivity contribution in [2.45, 2.75) is 20.4 Å². The topological polar surface area (TPSA) is 37.2 Å². The van der Waals surface area contributed by atoms with Crippen LogP contribution in [0, 0.1) is 13.8 Å². The van der Waals surface area contributed by atoms with Gasteiger partial charge in [0.15, 0.2) is 0 Å². The molecule has 0 aliphatic heterocycles. The van der Waals surface area contributed by atoms with Crippen LogP contribution in [0.25, 0.3) is 0 Å². The van der Waals surface area contributed by atoms with Gasteiger partial charge >= 0.3 is 0 Å². The third-order valence-electron chi connectivity index (χ3n) is 2.69. The zero-order valence-electron chi connectivity index (χ0n) is 9.57. The maximum absolute atomic E-state index is 9.63. The third-order valence-corrected chi connectivity index (χ3v) is 2.69. The molecule has 3 nitrogen and oxygen atoms in total. The van der Waals surface area contributed by atoms with Crippen LogP contribution in [0.2, 0.25) is 0 Å². The number of phenols is 1. The highest BCUT2D eigenvalue weighted by Gasteiger charge is 2.02. The number of benzene rings is 1. The first kappa shape index (κ1) is 10.6. The predicted octanol–water partition coefficient (Wildman–Crippen LogP) is 2.55. The number of phenolic OH excluding ortho intramolecular Hbond substituents is 1. The minimum Gasteiger partial charge on any atom is -0.508 e. The Balaban J connectivity index is 2.11. The van der Waals surface area contributed by atoms with Gasteiger partial charge in [0.05, 0.1) is 6.54 Å². The van der Waals surface area contributed by atoms with Crippen LogP contribution in [0.1, 0.15) is 17.0 Å². The van der Waals surface area contributed by atoms with Gasteiger partial charge in [0, 0.05) is 17.0 Å². The highest BCUT2D eigenvalue weighted by molar-refractivity contribution is 5.32. The number of nitrogens with one attached hydrogen (secondary N) is 1. The van der Waals surface area contributed by atoms with Crippen LogP contribution >= 0.6 is 0 Å². The van der Waals surface area contributed by atoms with Crippen molar-refractivity contribution in [2.24, 2.45) is 0 Å². The largest absolute Gasteiger partial charge is 0.508 e.